The molecule has 0 bridgehead atoms. The molecule has 92 valence electrons. The summed E-state index contributed by atoms with van der Waals surface area (Å²) in [6, 6.07) is 3.98. The third-order valence-electron chi connectivity index (χ3n) is 2.61. The second-order valence-electron chi connectivity index (χ2n) is 4.06. The van der Waals surface area contributed by atoms with E-state index in [0.29, 0.717) is 13.0 Å². The summed E-state index contributed by atoms with van der Waals surface area (Å²) >= 11 is 0. The number of rotatable bonds is 3. The molecule has 5 nitrogen and oxygen atoms in total. The van der Waals surface area contributed by atoms with E-state index in [0.717, 1.165) is 6.07 Å². The number of ether oxygens (including phenoxy) is 1. The van der Waals surface area contributed by atoms with Gasteiger partial charge in [0.15, 0.2) is 0 Å². The molecule has 1 aromatic heterocycles. The molecule has 0 radical (unpaired) electrons. The average molecular weight is 240 g/mol. The van der Waals surface area contributed by atoms with Gasteiger partial charge in [0.05, 0.1) is 6.61 Å². The van der Waals surface area contributed by atoms with Crippen molar-refractivity contribution in [3.8, 4) is 0 Å². The number of carbonyl (C=O) groups is 1. The zero-order chi connectivity index (χ0) is 12.3. The topological polar surface area (TPSA) is 71.5 Å². The maximum atomic E-state index is 12.8. The highest BCUT2D eigenvalue weighted by atomic mass is 19.1. The first-order valence-corrected chi connectivity index (χ1v) is 5.30. The van der Waals surface area contributed by atoms with Crippen molar-refractivity contribution in [2.75, 3.05) is 19.8 Å². The van der Waals surface area contributed by atoms with Crippen molar-refractivity contribution in [3.05, 3.63) is 29.8 Å². The van der Waals surface area contributed by atoms with Gasteiger partial charge in [-0.2, -0.15) is 4.39 Å². The highest BCUT2D eigenvalue weighted by Crippen LogP contribution is 2.16. The predicted molar refractivity (Wildman–Crippen MR) is 56.9 cm³/mol. The van der Waals surface area contributed by atoms with Gasteiger partial charge >= 0.3 is 0 Å². The first-order chi connectivity index (χ1) is 8.09. The molecule has 6 heteroatoms. The molecule has 1 amide bonds. The molecule has 1 saturated heterocycles. The lowest BCUT2D eigenvalue weighted by molar-refractivity contribution is 0.0264. The molecule has 17 heavy (non-hydrogen) atoms. The van der Waals surface area contributed by atoms with Crippen molar-refractivity contribution in [1.82, 2.24) is 10.3 Å². The van der Waals surface area contributed by atoms with Gasteiger partial charge in [0.2, 0.25) is 5.95 Å². The summed E-state index contributed by atoms with van der Waals surface area (Å²) < 4.78 is 17.8. The molecule has 1 unspecified atom stereocenters. The first kappa shape index (κ1) is 11.9. The van der Waals surface area contributed by atoms with Gasteiger partial charge in [-0.3, -0.25) is 4.79 Å². The van der Waals surface area contributed by atoms with Crippen LogP contribution in [-0.4, -0.2) is 41.4 Å². The van der Waals surface area contributed by atoms with Crippen LogP contribution in [-0.2, 0) is 4.74 Å². The van der Waals surface area contributed by atoms with Crippen LogP contribution in [0.15, 0.2) is 18.2 Å². The van der Waals surface area contributed by atoms with Crippen LogP contribution >= 0.6 is 0 Å². The quantitative estimate of drug-likeness (QED) is 0.735. The highest BCUT2D eigenvalue weighted by molar-refractivity contribution is 5.92. The molecule has 1 atom stereocenters. The van der Waals surface area contributed by atoms with Crippen molar-refractivity contribution < 1.29 is 19.0 Å². The Bertz CT molecular complexity index is 419. The van der Waals surface area contributed by atoms with Crippen LogP contribution in [0.4, 0.5) is 4.39 Å². The first-order valence-electron chi connectivity index (χ1n) is 5.30. The Labute approximate surface area is 97.6 Å². The van der Waals surface area contributed by atoms with Gasteiger partial charge in [-0.15, -0.1) is 0 Å². The fourth-order valence-corrected chi connectivity index (χ4v) is 1.61. The Morgan fingerprint density at radius 2 is 2.47 bits per heavy atom. The third-order valence-corrected chi connectivity index (χ3v) is 2.61. The van der Waals surface area contributed by atoms with E-state index in [9.17, 15) is 14.3 Å². The lowest BCUT2D eigenvalue weighted by atomic mass is 10.0. The summed E-state index contributed by atoms with van der Waals surface area (Å²) in [7, 11) is 0. The number of halogens is 1. The SMILES string of the molecule is O=C(NCC1(O)CCOC1)c1cccc(F)n1. The summed E-state index contributed by atoms with van der Waals surface area (Å²) in [6.45, 7) is 0.748. The number of nitrogens with zero attached hydrogens (tertiary/aromatic N) is 1. The number of aliphatic hydroxyl groups is 1. The normalized spacial score (nSPS) is 23.6. The van der Waals surface area contributed by atoms with Crippen LogP contribution in [0, 0.1) is 5.95 Å². The molecule has 1 aliphatic heterocycles. The van der Waals surface area contributed by atoms with Gasteiger partial charge in [-0.1, -0.05) is 6.07 Å². The lowest BCUT2D eigenvalue weighted by Crippen LogP contribution is -2.43. The van der Waals surface area contributed by atoms with E-state index in [1.807, 2.05) is 0 Å². The minimum absolute atomic E-state index is 0.00693. The minimum Gasteiger partial charge on any atom is -0.386 e. The van der Waals surface area contributed by atoms with E-state index >= 15 is 0 Å². The van der Waals surface area contributed by atoms with Gasteiger partial charge in [-0.05, 0) is 12.1 Å². The molecule has 0 aliphatic carbocycles. The highest BCUT2D eigenvalue weighted by Gasteiger charge is 2.32. The predicted octanol–water partition coefficient (Wildman–Crippen LogP) is 0.102. The molecular weight excluding hydrogens is 227 g/mol. The number of hydrogen-bond acceptors (Lipinski definition) is 4. The van der Waals surface area contributed by atoms with Crippen LogP contribution in [0.1, 0.15) is 16.9 Å². The van der Waals surface area contributed by atoms with Gasteiger partial charge in [-0.25, -0.2) is 4.98 Å². The zero-order valence-electron chi connectivity index (χ0n) is 9.15. The zero-order valence-corrected chi connectivity index (χ0v) is 9.15. The fourth-order valence-electron chi connectivity index (χ4n) is 1.61. The maximum Gasteiger partial charge on any atom is 0.270 e. The molecule has 2 heterocycles. The summed E-state index contributed by atoms with van der Waals surface area (Å²) in [5.41, 5.74) is -1.03. The van der Waals surface area contributed by atoms with Crippen molar-refractivity contribution in [3.63, 3.8) is 0 Å². The largest absolute Gasteiger partial charge is 0.386 e. The van der Waals surface area contributed by atoms with Crippen molar-refractivity contribution in [1.29, 1.82) is 0 Å². The van der Waals surface area contributed by atoms with Crippen LogP contribution in [0.2, 0.25) is 0 Å². The van der Waals surface area contributed by atoms with E-state index in [2.05, 4.69) is 10.3 Å². The van der Waals surface area contributed by atoms with E-state index in [4.69, 9.17) is 4.74 Å². The van der Waals surface area contributed by atoms with Crippen molar-refractivity contribution >= 4 is 5.91 Å². The summed E-state index contributed by atoms with van der Waals surface area (Å²) in [6.07, 6.45) is 0.476. The van der Waals surface area contributed by atoms with Gasteiger partial charge in [0.1, 0.15) is 11.3 Å². The monoisotopic (exact) mass is 240 g/mol. The minimum atomic E-state index is -1.02. The standard InChI is InChI=1S/C11H13FN2O3/c12-9-3-1-2-8(14-9)10(15)13-6-11(16)4-5-17-7-11/h1-3,16H,4-7H2,(H,13,15). The molecule has 1 aromatic rings. The second-order valence-corrected chi connectivity index (χ2v) is 4.06. The number of pyridine rings is 1. The molecule has 1 fully saturated rings. The number of hydrogen-bond donors (Lipinski definition) is 2. The second kappa shape index (κ2) is 4.77. The molecule has 2 N–H and O–H groups in total. The van der Waals surface area contributed by atoms with Crippen molar-refractivity contribution in [2.24, 2.45) is 0 Å². The molecule has 1 aliphatic rings. The number of carbonyl (C=O) groups excluding carboxylic acids is 1. The Balaban J connectivity index is 1.93. The summed E-state index contributed by atoms with van der Waals surface area (Å²) in [5.74, 6) is -1.22. The van der Waals surface area contributed by atoms with E-state index in [1.54, 1.807) is 0 Å². The van der Waals surface area contributed by atoms with Crippen LogP contribution in [0.25, 0.3) is 0 Å². The van der Waals surface area contributed by atoms with Crippen LogP contribution in [0.3, 0.4) is 0 Å². The molecular formula is C11H13FN2O3. The fraction of sp³-hybridized carbons (Fsp3) is 0.455. The third kappa shape index (κ3) is 2.98. The van der Waals surface area contributed by atoms with E-state index < -0.39 is 17.5 Å². The maximum absolute atomic E-state index is 12.8. The van der Waals surface area contributed by atoms with Gasteiger partial charge in [0.25, 0.3) is 5.91 Å². The number of nitrogens with one attached hydrogen (secondary N) is 1. The number of aromatic nitrogens is 1. The Morgan fingerprint density at radius 3 is 3.12 bits per heavy atom. The van der Waals surface area contributed by atoms with Crippen LogP contribution < -0.4 is 5.32 Å². The number of amides is 1. The molecule has 0 saturated carbocycles. The lowest BCUT2D eigenvalue weighted by Gasteiger charge is -2.20. The Kier molecular flexibility index (Phi) is 3.35. The molecule has 2 rings (SSSR count). The van der Waals surface area contributed by atoms with Gasteiger partial charge in [0, 0.05) is 19.6 Å². The Hall–Kier alpha value is -1.53. The Morgan fingerprint density at radius 1 is 1.65 bits per heavy atom. The smallest absolute Gasteiger partial charge is 0.270 e. The summed E-state index contributed by atoms with van der Waals surface area (Å²) in [4.78, 5) is 15.1. The van der Waals surface area contributed by atoms with Crippen LogP contribution in [0.5, 0.6) is 0 Å². The summed E-state index contributed by atoms with van der Waals surface area (Å²) in [5, 5.41) is 12.4. The molecule has 0 aromatic carbocycles. The van der Waals surface area contributed by atoms with Crippen molar-refractivity contribution in [2.45, 2.75) is 12.0 Å². The van der Waals surface area contributed by atoms with E-state index in [1.165, 1.54) is 12.1 Å². The van der Waals surface area contributed by atoms with E-state index in [-0.39, 0.29) is 18.8 Å². The molecule has 0 spiro atoms. The average Bonchev–Trinajstić information content (AvgIpc) is 2.74. The van der Waals surface area contributed by atoms with Gasteiger partial charge < -0.3 is 15.2 Å².